The summed E-state index contributed by atoms with van der Waals surface area (Å²) in [4.78, 5) is 34.0. The fraction of sp³-hybridized carbons (Fsp3) is 0.400. The molecule has 0 saturated carbocycles. The maximum Gasteiger partial charge on any atom is 0.224 e. The maximum atomic E-state index is 13.6. The molecule has 160 valence electrons. The predicted octanol–water partition coefficient (Wildman–Crippen LogP) is 2.04. The highest BCUT2D eigenvalue weighted by molar-refractivity contribution is 6.13. The third-order valence-electron chi connectivity index (χ3n) is 5.19. The molecule has 10 heteroatoms. The van der Waals surface area contributed by atoms with E-state index in [1.165, 1.54) is 13.3 Å². The standard InChI is InChI=1S/C20H23F2N5O3/c1-11(10-28)27-5-3-12(4-6-27)25-20-24-9-14(19(23)26-20)18(29)13-7-15(21)16(22)8-17(13)30-2/h7-12H,3-6H2,1-2H3,(H3,23,24,25,26). The summed E-state index contributed by atoms with van der Waals surface area (Å²) in [6.07, 6.45) is 3.77. The number of halogens is 2. The van der Waals surface area contributed by atoms with E-state index in [-0.39, 0.29) is 40.7 Å². The largest absolute Gasteiger partial charge is 0.496 e. The average Bonchev–Trinajstić information content (AvgIpc) is 2.75. The summed E-state index contributed by atoms with van der Waals surface area (Å²) in [7, 11) is 1.25. The van der Waals surface area contributed by atoms with E-state index in [0.717, 1.165) is 44.4 Å². The van der Waals surface area contributed by atoms with Crippen LogP contribution >= 0.6 is 0 Å². The highest BCUT2D eigenvalue weighted by Crippen LogP contribution is 2.26. The second-order valence-electron chi connectivity index (χ2n) is 7.12. The number of hydrogen-bond acceptors (Lipinski definition) is 8. The number of ketones is 1. The summed E-state index contributed by atoms with van der Waals surface area (Å²) in [6.45, 7) is 3.39. The number of benzene rings is 1. The number of nitrogens with two attached hydrogens (primary N) is 1. The SMILES string of the molecule is COc1cc(F)c(F)cc1C(=O)c1cnc(NC2CCN(C(C)C=O)CC2)nc1N. The van der Waals surface area contributed by atoms with E-state index in [1.807, 2.05) is 6.92 Å². The van der Waals surface area contributed by atoms with Crippen LogP contribution in [0, 0.1) is 11.6 Å². The normalized spacial score (nSPS) is 16.1. The van der Waals surface area contributed by atoms with Crippen LogP contribution in [0.5, 0.6) is 5.75 Å². The zero-order chi connectivity index (χ0) is 21.8. The Morgan fingerprint density at radius 1 is 1.30 bits per heavy atom. The Labute approximate surface area is 172 Å². The first-order valence-electron chi connectivity index (χ1n) is 9.50. The smallest absolute Gasteiger partial charge is 0.224 e. The van der Waals surface area contributed by atoms with E-state index in [0.29, 0.717) is 0 Å². The van der Waals surface area contributed by atoms with Gasteiger partial charge in [0, 0.05) is 31.4 Å². The molecule has 1 aliphatic heterocycles. The molecule has 0 spiro atoms. The summed E-state index contributed by atoms with van der Waals surface area (Å²) in [5.41, 5.74) is 5.72. The number of likely N-dealkylation sites (tertiary alicyclic amines) is 1. The number of methoxy groups -OCH3 is 1. The van der Waals surface area contributed by atoms with Crippen LogP contribution in [0.15, 0.2) is 18.3 Å². The van der Waals surface area contributed by atoms with Gasteiger partial charge in [-0.1, -0.05) is 0 Å². The summed E-state index contributed by atoms with van der Waals surface area (Å²) in [5.74, 6) is -2.91. The van der Waals surface area contributed by atoms with Crippen molar-refractivity contribution in [3.8, 4) is 5.75 Å². The molecule has 0 bridgehead atoms. The zero-order valence-electron chi connectivity index (χ0n) is 16.7. The van der Waals surface area contributed by atoms with Crippen LogP contribution in [0.3, 0.4) is 0 Å². The second-order valence-corrected chi connectivity index (χ2v) is 7.12. The van der Waals surface area contributed by atoms with Gasteiger partial charge in [-0.25, -0.2) is 13.8 Å². The number of nitrogens with zero attached hydrogens (tertiary/aromatic N) is 3. The molecule has 2 heterocycles. The fourth-order valence-corrected chi connectivity index (χ4v) is 3.38. The Balaban J connectivity index is 1.73. The Morgan fingerprint density at radius 3 is 2.57 bits per heavy atom. The number of carbonyl (C=O) groups is 2. The molecule has 3 N–H and O–H groups in total. The second kappa shape index (κ2) is 9.12. The lowest BCUT2D eigenvalue weighted by atomic mass is 10.0. The minimum Gasteiger partial charge on any atom is -0.496 e. The molecule has 0 amide bonds. The van der Waals surface area contributed by atoms with Crippen LogP contribution in [-0.4, -0.2) is 59.2 Å². The molecular weight excluding hydrogens is 396 g/mol. The van der Waals surface area contributed by atoms with Crippen molar-refractivity contribution >= 4 is 23.8 Å². The number of piperidine rings is 1. The van der Waals surface area contributed by atoms with Gasteiger partial charge in [0.1, 0.15) is 17.9 Å². The third-order valence-corrected chi connectivity index (χ3v) is 5.19. The van der Waals surface area contributed by atoms with Crippen molar-refractivity contribution in [2.75, 3.05) is 31.2 Å². The van der Waals surface area contributed by atoms with Crippen LogP contribution in [0.2, 0.25) is 0 Å². The topological polar surface area (TPSA) is 110 Å². The number of ether oxygens (including phenoxy) is 1. The highest BCUT2D eigenvalue weighted by Gasteiger charge is 2.24. The van der Waals surface area contributed by atoms with Crippen molar-refractivity contribution in [3.05, 3.63) is 41.1 Å². The first kappa shape index (κ1) is 21.6. The van der Waals surface area contributed by atoms with Gasteiger partial charge in [0.25, 0.3) is 0 Å². The number of nitrogens with one attached hydrogen (secondary N) is 1. The first-order valence-corrected chi connectivity index (χ1v) is 9.50. The number of carbonyl (C=O) groups excluding carboxylic acids is 2. The minimum absolute atomic E-state index is 0.0421. The molecule has 0 aliphatic carbocycles. The highest BCUT2D eigenvalue weighted by atomic mass is 19.2. The van der Waals surface area contributed by atoms with Gasteiger partial charge in [-0.3, -0.25) is 9.69 Å². The van der Waals surface area contributed by atoms with Gasteiger partial charge in [0.15, 0.2) is 11.6 Å². The predicted molar refractivity (Wildman–Crippen MR) is 107 cm³/mol. The molecule has 1 aromatic carbocycles. The molecule has 1 saturated heterocycles. The van der Waals surface area contributed by atoms with Gasteiger partial charge in [0.2, 0.25) is 11.7 Å². The number of aldehydes is 1. The van der Waals surface area contributed by atoms with Crippen LogP contribution < -0.4 is 15.8 Å². The van der Waals surface area contributed by atoms with E-state index in [1.54, 1.807) is 0 Å². The molecule has 8 nitrogen and oxygen atoms in total. The van der Waals surface area contributed by atoms with Crippen LogP contribution in [0.1, 0.15) is 35.7 Å². The summed E-state index contributed by atoms with van der Waals surface area (Å²) < 4.78 is 32.0. The van der Waals surface area contributed by atoms with Gasteiger partial charge in [-0.2, -0.15) is 4.98 Å². The van der Waals surface area contributed by atoms with E-state index in [4.69, 9.17) is 10.5 Å². The maximum absolute atomic E-state index is 13.6. The number of nitrogen functional groups attached to an aromatic ring is 1. The van der Waals surface area contributed by atoms with Crippen molar-refractivity contribution < 1.29 is 23.1 Å². The van der Waals surface area contributed by atoms with Gasteiger partial charge < -0.3 is 20.6 Å². The zero-order valence-corrected chi connectivity index (χ0v) is 16.7. The molecule has 1 fully saturated rings. The number of aromatic nitrogens is 2. The quantitative estimate of drug-likeness (QED) is 0.518. The summed E-state index contributed by atoms with van der Waals surface area (Å²) in [6, 6.07) is 1.55. The van der Waals surface area contributed by atoms with Gasteiger partial charge in [-0.05, 0) is 25.8 Å². The number of rotatable bonds is 7. The lowest BCUT2D eigenvalue weighted by Gasteiger charge is -2.34. The van der Waals surface area contributed by atoms with Crippen molar-refractivity contribution in [2.45, 2.75) is 31.8 Å². The van der Waals surface area contributed by atoms with E-state index in [9.17, 15) is 18.4 Å². The average molecular weight is 419 g/mol. The number of hydrogen-bond donors (Lipinski definition) is 2. The summed E-state index contributed by atoms with van der Waals surface area (Å²) in [5, 5.41) is 3.18. The number of anilines is 2. The monoisotopic (exact) mass is 419 g/mol. The van der Waals surface area contributed by atoms with Gasteiger partial charge in [-0.15, -0.1) is 0 Å². The van der Waals surface area contributed by atoms with E-state index >= 15 is 0 Å². The molecule has 3 rings (SSSR count). The van der Waals surface area contributed by atoms with E-state index in [2.05, 4.69) is 20.2 Å². The molecule has 0 radical (unpaired) electrons. The van der Waals surface area contributed by atoms with Crippen molar-refractivity contribution in [1.29, 1.82) is 0 Å². The van der Waals surface area contributed by atoms with Gasteiger partial charge >= 0.3 is 0 Å². The molecule has 1 aromatic heterocycles. The Bertz CT molecular complexity index is 948. The van der Waals surface area contributed by atoms with Crippen molar-refractivity contribution in [1.82, 2.24) is 14.9 Å². The molecule has 1 unspecified atom stereocenters. The Morgan fingerprint density at radius 2 is 1.97 bits per heavy atom. The van der Waals surface area contributed by atoms with Crippen molar-refractivity contribution in [2.24, 2.45) is 0 Å². The Kier molecular flexibility index (Phi) is 6.56. The lowest BCUT2D eigenvalue weighted by Crippen LogP contribution is -2.44. The molecule has 1 aliphatic rings. The summed E-state index contributed by atoms with van der Waals surface area (Å²) >= 11 is 0. The molecule has 2 aromatic rings. The minimum atomic E-state index is -1.17. The van der Waals surface area contributed by atoms with Crippen LogP contribution in [-0.2, 0) is 4.79 Å². The lowest BCUT2D eigenvalue weighted by molar-refractivity contribution is -0.112. The fourth-order valence-electron chi connectivity index (χ4n) is 3.38. The Hall–Kier alpha value is -3.14. The molecule has 1 atom stereocenters. The van der Waals surface area contributed by atoms with Gasteiger partial charge in [0.05, 0.1) is 24.3 Å². The van der Waals surface area contributed by atoms with Crippen LogP contribution in [0.25, 0.3) is 0 Å². The van der Waals surface area contributed by atoms with Crippen molar-refractivity contribution in [3.63, 3.8) is 0 Å². The first-order chi connectivity index (χ1) is 14.3. The third kappa shape index (κ3) is 4.54. The van der Waals surface area contributed by atoms with E-state index < -0.39 is 17.4 Å². The van der Waals surface area contributed by atoms with Crippen LogP contribution in [0.4, 0.5) is 20.5 Å². The molecular formula is C20H23F2N5O3. The molecule has 30 heavy (non-hydrogen) atoms.